The van der Waals surface area contributed by atoms with Crippen molar-refractivity contribution in [3.05, 3.63) is 41.9 Å². The van der Waals surface area contributed by atoms with E-state index in [9.17, 15) is 0 Å². The highest BCUT2D eigenvalue weighted by molar-refractivity contribution is 5.45. The molecule has 1 aliphatic rings. The van der Waals surface area contributed by atoms with Gasteiger partial charge in [0.25, 0.3) is 0 Å². The van der Waals surface area contributed by atoms with Crippen molar-refractivity contribution in [1.29, 1.82) is 0 Å². The topological polar surface area (TPSA) is 76.5 Å². The number of nitrogens with one attached hydrogen (secondary N) is 1. The molecule has 0 saturated heterocycles. The highest BCUT2D eigenvalue weighted by Crippen LogP contribution is 2.32. The summed E-state index contributed by atoms with van der Waals surface area (Å²) in [4.78, 5) is 8.07. The summed E-state index contributed by atoms with van der Waals surface area (Å²) in [5, 5.41) is 12.1. The first kappa shape index (κ1) is 11.7. The molecule has 98 valence electrons. The lowest BCUT2D eigenvalue weighted by molar-refractivity contribution is 0.174. The van der Waals surface area contributed by atoms with Gasteiger partial charge in [0.1, 0.15) is 12.4 Å². The molecule has 19 heavy (non-hydrogen) atoms. The maximum absolute atomic E-state index is 8.97. The van der Waals surface area contributed by atoms with Crippen LogP contribution in [-0.2, 0) is 13.2 Å². The van der Waals surface area contributed by atoms with Crippen LogP contribution in [0.3, 0.4) is 0 Å². The number of aliphatic hydroxyl groups excluding tert-OH is 1. The number of hydrogen-bond acceptors (Lipinski definition) is 6. The first-order valence-corrected chi connectivity index (χ1v) is 5.90. The van der Waals surface area contributed by atoms with Crippen molar-refractivity contribution in [3.63, 3.8) is 0 Å². The van der Waals surface area contributed by atoms with Crippen LogP contribution in [0.15, 0.2) is 30.5 Å². The van der Waals surface area contributed by atoms with E-state index in [1.54, 1.807) is 12.3 Å². The summed E-state index contributed by atoms with van der Waals surface area (Å²) >= 11 is 0. The van der Waals surface area contributed by atoms with E-state index in [0.29, 0.717) is 18.2 Å². The Balaban J connectivity index is 1.68. The number of hydrogen-bond donors (Lipinski definition) is 2. The van der Waals surface area contributed by atoms with Crippen LogP contribution in [0.4, 0.5) is 5.82 Å². The molecule has 2 heterocycles. The minimum Gasteiger partial charge on any atom is -0.454 e. The molecule has 0 fully saturated rings. The Morgan fingerprint density at radius 2 is 2.11 bits per heavy atom. The highest BCUT2D eigenvalue weighted by atomic mass is 16.7. The van der Waals surface area contributed by atoms with Crippen LogP contribution in [0, 0.1) is 0 Å². The Kier molecular flexibility index (Phi) is 3.16. The fourth-order valence-corrected chi connectivity index (χ4v) is 1.82. The predicted octanol–water partition coefficient (Wildman–Crippen LogP) is 1.31. The van der Waals surface area contributed by atoms with E-state index in [0.717, 1.165) is 17.1 Å². The molecule has 0 aliphatic carbocycles. The molecule has 1 aliphatic heterocycles. The van der Waals surface area contributed by atoms with E-state index in [2.05, 4.69) is 15.3 Å². The fourth-order valence-electron chi connectivity index (χ4n) is 1.82. The zero-order valence-corrected chi connectivity index (χ0v) is 10.2. The maximum Gasteiger partial charge on any atom is 0.231 e. The van der Waals surface area contributed by atoms with Crippen LogP contribution < -0.4 is 14.8 Å². The molecule has 0 radical (unpaired) electrons. The Bertz CT molecular complexity index is 589. The van der Waals surface area contributed by atoms with E-state index in [1.165, 1.54) is 0 Å². The lowest BCUT2D eigenvalue weighted by Crippen LogP contribution is -2.04. The second-order valence-electron chi connectivity index (χ2n) is 4.06. The van der Waals surface area contributed by atoms with Gasteiger partial charge in [-0.05, 0) is 23.8 Å². The SMILES string of the molecule is OCc1nccc(NCc2ccc3c(c2)OCO3)n1. The summed E-state index contributed by atoms with van der Waals surface area (Å²) in [7, 11) is 0. The minimum absolute atomic E-state index is 0.167. The molecule has 1 aromatic heterocycles. The molecular weight excluding hydrogens is 246 g/mol. The monoisotopic (exact) mass is 259 g/mol. The number of ether oxygens (including phenoxy) is 2. The molecule has 1 aromatic carbocycles. The zero-order valence-electron chi connectivity index (χ0n) is 10.2. The standard InChI is InChI=1S/C13H13N3O3/c17-7-13-14-4-3-12(16-13)15-6-9-1-2-10-11(5-9)19-8-18-10/h1-5,17H,6-8H2,(H,14,15,16). The number of aromatic nitrogens is 2. The molecule has 6 heteroatoms. The first-order valence-electron chi connectivity index (χ1n) is 5.90. The molecule has 2 aromatic rings. The van der Waals surface area contributed by atoms with Crippen molar-refractivity contribution in [2.24, 2.45) is 0 Å². The third kappa shape index (κ3) is 2.58. The normalized spacial score (nSPS) is 12.5. The van der Waals surface area contributed by atoms with Gasteiger partial charge in [-0.2, -0.15) is 0 Å². The van der Waals surface area contributed by atoms with Gasteiger partial charge in [0.15, 0.2) is 17.3 Å². The summed E-state index contributed by atoms with van der Waals surface area (Å²) < 4.78 is 10.6. The summed E-state index contributed by atoms with van der Waals surface area (Å²) in [6.07, 6.45) is 1.61. The molecule has 0 bridgehead atoms. The number of fused-ring (bicyclic) bond motifs is 1. The van der Waals surface area contributed by atoms with Gasteiger partial charge >= 0.3 is 0 Å². The lowest BCUT2D eigenvalue weighted by atomic mass is 10.2. The van der Waals surface area contributed by atoms with E-state index in [-0.39, 0.29) is 13.4 Å². The third-order valence-corrected chi connectivity index (χ3v) is 2.76. The second kappa shape index (κ2) is 5.11. The fraction of sp³-hybridized carbons (Fsp3) is 0.231. The maximum atomic E-state index is 8.97. The third-order valence-electron chi connectivity index (χ3n) is 2.76. The zero-order chi connectivity index (χ0) is 13.1. The van der Waals surface area contributed by atoms with Crippen molar-refractivity contribution >= 4 is 5.82 Å². The summed E-state index contributed by atoms with van der Waals surface area (Å²) in [5.41, 5.74) is 1.06. The Morgan fingerprint density at radius 3 is 3.00 bits per heavy atom. The van der Waals surface area contributed by atoms with Gasteiger partial charge in [-0.25, -0.2) is 9.97 Å². The second-order valence-corrected chi connectivity index (χ2v) is 4.06. The average molecular weight is 259 g/mol. The molecule has 0 unspecified atom stereocenters. The number of nitrogens with zero attached hydrogens (tertiary/aromatic N) is 2. The number of anilines is 1. The van der Waals surface area contributed by atoms with Crippen LogP contribution in [0.2, 0.25) is 0 Å². The minimum atomic E-state index is -0.167. The smallest absolute Gasteiger partial charge is 0.231 e. The van der Waals surface area contributed by atoms with Crippen LogP contribution in [0.25, 0.3) is 0 Å². The summed E-state index contributed by atoms with van der Waals surface area (Å²) in [5.74, 6) is 2.61. The van der Waals surface area contributed by atoms with Crippen LogP contribution in [0.5, 0.6) is 11.5 Å². The molecule has 0 atom stereocenters. The van der Waals surface area contributed by atoms with Crippen molar-refractivity contribution < 1.29 is 14.6 Å². The predicted molar refractivity (Wildman–Crippen MR) is 67.8 cm³/mol. The van der Waals surface area contributed by atoms with Crippen LogP contribution >= 0.6 is 0 Å². The average Bonchev–Trinajstić information content (AvgIpc) is 2.93. The number of benzene rings is 1. The number of rotatable bonds is 4. The lowest BCUT2D eigenvalue weighted by Gasteiger charge is -2.07. The van der Waals surface area contributed by atoms with Crippen molar-refractivity contribution in [2.45, 2.75) is 13.2 Å². The van der Waals surface area contributed by atoms with E-state index < -0.39 is 0 Å². The van der Waals surface area contributed by atoms with Gasteiger partial charge in [-0.1, -0.05) is 6.07 Å². The molecular formula is C13H13N3O3. The quantitative estimate of drug-likeness (QED) is 0.862. The largest absolute Gasteiger partial charge is 0.454 e. The molecule has 6 nitrogen and oxygen atoms in total. The van der Waals surface area contributed by atoms with Gasteiger partial charge in [-0.3, -0.25) is 0 Å². The van der Waals surface area contributed by atoms with Gasteiger partial charge in [-0.15, -0.1) is 0 Å². The van der Waals surface area contributed by atoms with Crippen molar-refractivity contribution in [1.82, 2.24) is 9.97 Å². The van der Waals surface area contributed by atoms with Gasteiger partial charge < -0.3 is 19.9 Å². The Morgan fingerprint density at radius 1 is 1.21 bits per heavy atom. The molecule has 0 saturated carbocycles. The Labute approximate surface area is 110 Å². The van der Waals surface area contributed by atoms with Crippen LogP contribution in [0.1, 0.15) is 11.4 Å². The molecule has 3 rings (SSSR count). The molecule has 0 amide bonds. The number of aliphatic hydroxyl groups is 1. The Hall–Kier alpha value is -2.34. The highest BCUT2D eigenvalue weighted by Gasteiger charge is 2.12. The first-order chi connectivity index (χ1) is 9.35. The molecule has 0 spiro atoms. The van der Waals surface area contributed by atoms with Gasteiger partial charge in [0.2, 0.25) is 6.79 Å². The van der Waals surface area contributed by atoms with Gasteiger partial charge in [0, 0.05) is 12.7 Å². The van der Waals surface area contributed by atoms with Crippen molar-refractivity contribution in [3.8, 4) is 11.5 Å². The van der Waals surface area contributed by atoms with E-state index in [1.807, 2.05) is 18.2 Å². The van der Waals surface area contributed by atoms with E-state index >= 15 is 0 Å². The van der Waals surface area contributed by atoms with Gasteiger partial charge in [0.05, 0.1) is 0 Å². The van der Waals surface area contributed by atoms with Crippen LogP contribution in [-0.4, -0.2) is 21.9 Å². The molecule has 2 N–H and O–H groups in total. The van der Waals surface area contributed by atoms with E-state index in [4.69, 9.17) is 14.6 Å². The summed E-state index contributed by atoms with van der Waals surface area (Å²) in [6.45, 7) is 0.718. The van der Waals surface area contributed by atoms with Crippen molar-refractivity contribution in [2.75, 3.05) is 12.1 Å². The summed E-state index contributed by atoms with van der Waals surface area (Å²) in [6, 6.07) is 7.54.